The Bertz CT molecular complexity index is 605. The average molecular weight is 393 g/mol. The van der Waals surface area contributed by atoms with Gasteiger partial charge in [0.05, 0.1) is 12.2 Å². The number of carboxylic acid groups (broad SMARTS) is 1. The summed E-state index contributed by atoms with van der Waals surface area (Å²) in [5.74, 6) is 2.36. The minimum Gasteiger partial charge on any atom is -0.481 e. The molecule has 4 rings (SSSR count). The molecular formula is C24H40O4. The maximum Gasteiger partial charge on any atom is 0.303 e. The van der Waals surface area contributed by atoms with Gasteiger partial charge in [-0.1, -0.05) is 20.8 Å². The van der Waals surface area contributed by atoms with Gasteiger partial charge < -0.3 is 15.3 Å². The van der Waals surface area contributed by atoms with Gasteiger partial charge in [0, 0.05) is 6.42 Å². The van der Waals surface area contributed by atoms with Crippen LogP contribution >= 0.6 is 0 Å². The molecule has 4 heteroatoms. The predicted octanol–water partition coefficient (Wildman–Crippen LogP) is 4.48. The van der Waals surface area contributed by atoms with E-state index in [4.69, 9.17) is 5.11 Å². The van der Waals surface area contributed by atoms with E-state index < -0.39 is 5.97 Å². The summed E-state index contributed by atoms with van der Waals surface area (Å²) in [6.07, 6.45) is 9.19. The highest BCUT2D eigenvalue weighted by atomic mass is 16.4. The van der Waals surface area contributed by atoms with Gasteiger partial charge in [0.15, 0.2) is 0 Å². The molecular weight excluding hydrogens is 352 g/mol. The normalized spacial score (nSPS) is 51.7. The van der Waals surface area contributed by atoms with E-state index in [0.29, 0.717) is 35.5 Å². The second kappa shape index (κ2) is 7.27. The van der Waals surface area contributed by atoms with Crippen LogP contribution in [0.1, 0.15) is 85.0 Å². The molecule has 8 unspecified atom stereocenters. The first-order chi connectivity index (χ1) is 13.2. The second-order valence-corrected chi connectivity index (χ2v) is 11.4. The van der Waals surface area contributed by atoms with Crippen LogP contribution in [-0.4, -0.2) is 33.5 Å². The molecule has 0 aromatic carbocycles. The Morgan fingerprint density at radius 1 is 1.00 bits per heavy atom. The lowest BCUT2D eigenvalue weighted by atomic mass is 9.43. The third kappa shape index (κ3) is 3.14. The van der Waals surface area contributed by atoms with Gasteiger partial charge in [0.2, 0.25) is 0 Å². The van der Waals surface area contributed by atoms with Gasteiger partial charge in [0.25, 0.3) is 0 Å². The molecule has 4 nitrogen and oxygen atoms in total. The summed E-state index contributed by atoms with van der Waals surface area (Å²) in [5.41, 5.74) is 0.523. The average Bonchev–Trinajstić information content (AvgIpc) is 2.98. The van der Waals surface area contributed by atoms with Crippen LogP contribution in [0.5, 0.6) is 0 Å². The van der Waals surface area contributed by atoms with Gasteiger partial charge in [0.1, 0.15) is 0 Å². The number of rotatable bonds is 4. The van der Waals surface area contributed by atoms with Crippen molar-refractivity contribution in [3.63, 3.8) is 0 Å². The molecule has 0 heterocycles. The minimum atomic E-state index is -0.684. The predicted molar refractivity (Wildman–Crippen MR) is 109 cm³/mol. The van der Waals surface area contributed by atoms with Crippen molar-refractivity contribution in [3.05, 3.63) is 0 Å². The Morgan fingerprint density at radius 2 is 1.68 bits per heavy atom. The van der Waals surface area contributed by atoms with E-state index in [9.17, 15) is 15.0 Å². The summed E-state index contributed by atoms with van der Waals surface area (Å²) in [6.45, 7) is 7.16. The van der Waals surface area contributed by atoms with E-state index >= 15 is 0 Å². The summed E-state index contributed by atoms with van der Waals surface area (Å²) in [4.78, 5) is 11.1. The fourth-order valence-corrected chi connectivity index (χ4v) is 8.73. The smallest absolute Gasteiger partial charge is 0.303 e. The first-order valence-electron chi connectivity index (χ1n) is 11.7. The van der Waals surface area contributed by atoms with E-state index in [1.807, 2.05) is 0 Å². The third-order valence-corrected chi connectivity index (χ3v) is 10.2. The van der Waals surface area contributed by atoms with Gasteiger partial charge in [-0.05, 0) is 104 Å². The molecule has 3 N–H and O–H groups in total. The summed E-state index contributed by atoms with van der Waals surface area (Å²) in [6, 6.07) is 0. The maximum absolute atomic E-state index is 11.2. The number of aliphatic carboxylic acids is 1. The highest BCUT2D eigenvalue weighted by Gasteiger charge is 2.62. The fourth-order valence-electron chi connectivity index (χ4n) is 8.73. The fraction of sp³-hybridized carbons (Fsp3) is 0.958. The Labute approximate surface area is 170 Å². The first-order valence-corrected chi connectivity index (χ1v) is 11.7. The Hall–Kier alpha value is -0.610. The molecule has 0 amide bonds. The van der Waals surface area contributed by atoms with E-state index in [1.54, 1.807) is 0 Å². The second-order valence-electron chi connectivity index (χ2n) is 11.4. The zero-order valence-electron chi connectivity index (χ0n) is 17.9. The topological polar surface area (TPSA) is 77.8 Å². The van der Waals surface area contributed by atoms with Crippen LogP contribution in [0.3, 0.4) is 0 Å². The van der Waals surface area contributed by atoms with Gasteiger partial charge >= 0.3 is 5.97 Å². The van der Waals surface area contributed by atoms with Crippen LogP contribution in [0.25, 0.3) is 0 Å². The molecule has 0 aliphatic heterocycles. The number of hydrogen-bond acceptors (Lipinski definition) is 3. The molecule has 28 heavy (non-hydrogen) atoms. The van der Waals surface area contributed by atoms with Crippen molar-refractivity contribution in [2.24, 2.45) is 46.3 Å². The first kappa shape index (κ1) is 20.7. The summed E-state index contributed by atoms with van der Waals surface area (Å²) >= 11 is 0. The molecule has 0 bridgehead atoms. The zero-order valence-corrected chi connectivity index (χ0v) is 17.9. The monoisotopic (exact) mass is 392 g/mol. The van der Waals surface area contributed by atoms with Crippen LogP contribution in [0.2, 0.25) is 0 Å². The van der Waals surface area contributed by atoms with Gasteiger partial charge in [-0.3, -0.25) is 4.79 Å². The Morgan fingerprint density at radius 3 is 2.39 bits per heavy atom. The number of carboxylic acids is 1. The third-order valence-electron chi connectivity index (χ3n) is 10.2. The molecule has 4 aliphatic carbocycles. The van der Waals surface area contributed by atoms with Crippen molar-refractivity contribution in [3.8, 4) is 0 Å². The van der Waals surface area contributed by atoms with E-state index in [1.165, 1.54) is 25.7 Å². The number of aliphatic hydroxyl groups is 2. The maximum atomic E-state index is 11.2. The SMILES string of the molecule is CC(CCC(=O)O)C1CCC2C3C(CCC12C)C1(C)CC[C@@H](O)CC1C[C@@H]3O. The van der Waals surface area contributed by atoms with Gasteiger partial charge in [-0.15, -0.1) is 0 Å². The molecule has 4 fully saturated rings. The Kier molecular flexibility index (Phi) is 5.36. The van der Waals surface area contributed by atoms with Crippen molar-refractivity contribution in [2.75, 3.05) is 0 Å². The van der Waals surface area contributed by atoms with Crippen LogP contribution < -0.4 is 0 Å². The largest absolute Gasteiger partial charge is 0.481 e. The molecule has 160 valence electrons. The van der Waals surface area contributed by atoms with Crippen molar-refractivity contribution in [1.82, 2.24) is 0 Å². The standard InChI is InChI=1S/C24H40O4/c1-14(4-7-21(27)28)17-5-6-18-22-19(9-11-24(17,18)3)23(2)10-8-16(25)12-15(23)13-20(22)26/h14-20,22,25-26H,4-13H2,1-3H3,(H,27,28)/t14?,15?,16-,17?,18?,19?,20+,22?,23?,24?/m1/s1. The summed E-state index contributed by atoms with van der Waals surface area (Å²) in [5, 5.41) is 30.5. The lowest BCUT2D eigenvalue weighted by Gasteiger charge is -2.62. The highest BCUT2D eigenvalue weighted by Crippen LogP contribution is 2.68. The van der Waals surface area contributed by atoms with Gasteiger partial charge in [-0.2, -0.15) is 0 Å². The molecule has 4 aliphatic rings. The number of aliphatic hydroxyl groups excluding tert-OH is 2. The molecule has 4 saturated carbocycles. The minimum absolute atomic E-state index is 0.179. The molecule has 0 spiro atoms. The van der Waals surface area contributed by atoms with E-state index in [0.717, 1.165) is 32.1 Å². The van der Waals surface area contributed by atoms with Crippen molar-refractivity contribution in [1.29, 1.82) is 0 Å². The quantitative estimate of drug-likeness (QED) is 0.659. The molecule has 0 saturated heterocycles. The van der Waals surface area contributed by atoms with Crippen molar-refractivity contribution in [2.45, 2.75) is 97.2 Å². The van der Waals surface area contributed by atoms with E-state index in [2.05, 4.69) is 20.8 Å². The molecule has 10 atom stereocenters. The van der Waals surface area contributed by atoms with E-state index in [-0.39, 0.29) is 29.5 Å². The highest BCUT2D eigenvalue weighted by molar-refractivity contribution is 5.66. The molecule has 0 aromatic rings. The van der Waals surface area contributed by atoms with Crippen LogP contribution in [0.15, 0.2) is 0 Å². The lowest BCUT2D eigenvalue weighted by Crippen LogP contribution is -2.58. The van der Waals surface area contributed by atoms with Crippen molar-refractivity contribution >= 4 is 5.97 Å². The number of fused-ring (bicyclic) bond motifs is 5. The number of hydrogen-bond donors (Lipinski definition) is 3. The Balaban J connectivity index is 1.55. The van der Waals surface area contributed by atoms with Crippen LogP contribution in [0.4, 0.5) is 0 Å². The number of carbonyl (C=O) groups is 1. The zero-order chi connectivity index (χ0) is 20.3. The lowest BCUT2D eigenvalue weighted by molar-refractivity contribution is -0.174. The van der Waals surface area contributed by atoms with Gasteiger partial charge in [-0.25, -0.2) is 0 Å². The molecule has 0 radical (unpaired) electrons. The van der Waals surface area contributed by atoms with Crippen LogP contribution in [-0.2, 0) is 4.79 Å². The summed E-state index contributed by atoms with van der Waals surface area (Å²) < 4.78 is 0. The summed E-state index contributed by atoms with van der Waals surface area (Å²) in [7, 11) is 0. The molecule has 0 aromatic heterocycles. The van der Waals surface area contributed by atoms with Crippen molar-refractivity contribution < 1.29 is 20.1 Å². The van der Waals surface area contributed by atoms with Crippen LogP contribution in [0, 0.1) is 46.3 Å².